The van der Waals surface area contributed by atoms with E-state index in [4.69, 9.17) is 9.97 Å². The highest BCUT2D eigenvalue weighted by molar-refractivity contribution is 7.00. The number of hydrogen-bond donors (Lipinski definition) is 0. The van der Waals surface area contributed by atoms with Gasteiger partial charge in [-0.05, 0) is 165 Å². The van der Waals surface area contributed by atoms with E-state index in [0.717, 1.165) is 84.2 Å². The molecule has 6 heteroatoms. The first-order chi connectivity index (χ1) is 39.1. The van der Waals surface area contributed by atoms with Gasteiger partial charge >= 0.3 is 0 Å². The van der Waals surface area contributed by atoms with Gasteiger partial charge < -0.3 is 9.80 Å². The predicted molar refractivity (Wildman–Crippen MR) is 331 cm³/mol. The number of nitrogens with zero attached hydrogens (tertiary/aromatic N) is 5. The zero-order valence-corrected chi connectivity index (χ0v) is 42.9. The van der Waals surface area contributed by atoms with Crippen molar-refractivity contribution in [3.05, 3.63) is 280 Å². The summed E-state index contributed by atoms with van der Waals surface area (Å²) in [7, 11) is 0. The Kier molecular flexibility index (Phi) is 10.3. The number of rotatable bonds is 7. The van der Waals surface area contributed by atoms with Gasteiger partial charge in [-0.15, -0.1) is 0 Å². The topological polar surface area (TPSA) is 45.2 Å². The molecule has 2 aliphatic rings. The molecule has 0 fully saturated rings. The maximum absolute atomic E-state index is 4.89. The third-order valence-electron chi connectivity index (χ3n) is 16.3. The number of hydrogen-bond acceptors (Lipinski definition) is 5. The fourth-order valence-corrected chi connectivity index (χ4v) is 12.7. The molecule has 0 amide bonds. The first-order valence-electron chi connectivity index (χ1n) is 27.0. The highest BCUT2D eigenvalue weighted by Gasteiger charge is 2.44. The number of benzene rings is 13. The molecule has 0 N–H and O–H groups in total. The zero-order chi connectivity index (χ0) is 52.0. The molecule has 0 aliphatic carbocycles. The minimum atomic E-state index is -0.196. The van der Waals surface area contributed by atoms with Crippen LogP contribution < -0.4 is 26.2 Å². The van der Waals surface area contributed by atoms with Crippen LogP contribution in [0.25, 0.3) is 99.0 Å². The minimum Gasteiger partial charge on any atom is -0.311 e. The normalized spacial score (nSPS) is 12.5. The van der Waals surface area contributed by atoms with Gasteiger partial charge in [0.05, 0.1) is 0 Å². The van der Waals surface area contributed by atoms with Crippen LogP contribution in [-0.4, -0.2) is 21.7 Å². The van der Waals surface area contributed by atoms with Crippen LogP contribution in [0.3, 0.4) is 0 Å². The van der Waals surface area contributed by atoms with Crippen LogP contribution in [0.15, 0.2) is 280 Å². The number of aromatic nitrogens is 3. The Bertz CT molecular complexity index is 4330. The van der Waals surface area contributed by atoms with E-state index in [-0.39, 0.29) is 6.71 Å². The molecule has 2 aliphatic heterocycles. The third-order valence-corrected chi connectivity index (χ3v) is 16.3. The molecule has 1 aromatic heterocycles. The van der Waals surface area contributed by atoms with E-state index in [9.17, 15) is 0 Å². The van der Waals surface area contributed by atoms with Crippen LogP contribution in [-0.2, 0) is 0 Å². The van der Waals surface area contributed by atoms with Crippen molar-refractivity contribution in [1.29, 1.82) is 0 Å². The largest absolute Gasteiger partial charge is 0.311 e. The molecule has 5 nitrogen and oxygen atoms in total. The molecular formula is C73H46BN5. The van der Waals surface area contributed by atoms with Crippen LogP contribution in [0.5, 0.6) is 0 Å². The van der Waals surface area contributed by atoms with Gasteiger partial charge in [-0.3, -0.25) is 0 Å². The van der Waals surface area contributed by atoms with Crippen molar-refractivity contribution in [2.75, 3.05) is 9.80 Å². The smallest absolute Gasteiger partial charge is 0.252 e. The van der Waals surface area contributed by atoms with Crippen molar-refractivity contribution in [3.8, 4) is 55.9 Å². The van der Waals surface area contributed by atoms with E-state index >= 15 is 0 Å². The summed E-state index contributed by atoms with van der Waals surface area (Å²) in [5, 5.41) is 9.71. The standard InChI is InChI=1S/C73H46BN5/c1-5-17-47(18-6-1)55-33-56(48-19-7-2-8-20-48)36-60(35-55)78-68-39-53-31-29-51-25-13-15-27-62(51)64(53)43-66(68)74-67-44-65-54(32-30-52-26-14-16-28-63(52)65)40-69(67)79(71-42-59(41-70(78)72(71)74)73-76-45-75-46-77-73)61-37-57(49-21-9-3-10-22-49)34-58(38-61)50-23-11-4-12-24-50/h1-46H. The van der Waals surface area contributed by atoms with Crippen molar-refractivity contribution in [2.24, 2.45) is 0 Å². The van der Waals surface area contributed by atoms with Crippen molar-refractivity contribution in [1.82, 2.24) is 15.0 Å². The van der Waals surface area contributed by atoms with E-state index in [0.29, 0.717) is 5.82 Å². The van der Waals surface area contributed by atoms with Crippen LogP contribution in [0, 0.1) is 0 Å². The van der Waals surface area contributed by atoms with Crippen molar-refractivity contribution < 1.29 is 0 Å². The second-order valence-corrected chi connectivity index (χ2v) is 20.8. The van der Waals surface area contributed by atoms with Gasteiger partial charge in [-0.25, -0.2) is 15.0 Å². The summed E-state index contributed by atoms with van der Waals surface area (Å²) < 4.78 is 0. The fraction of sp³-hybridized carbons (Fsp3) is 0. The summed E-state index contributed by atoms with van der Waals surface area (Å²) in [5.41, 5.74) is 20.1. The van der Waals surface area contributed by atoms with E-state index in [1.165, 1.54) is 59.5 Å². The Morgan fingerprint density at radius 2 is 0.633 bits per heavy atom. The molecule has 13 aromatic carbocycles. The molecule has 0 unspecified atom stereocenters. The maximum Gasteiger partial charge on any atom is 0.252 e. The zero-order valence-electron chi connectivity index (χ0n) is 42.9. The molecule has 14 aromatic rings. The molecular weight excluding hydrogens is 958 g/mol. The van der Waals surface area contributed by atoms with Gasteiger partial charge in [0.15, 0.2) is 5.82 Å². The SMILES string of the molecule is c1ccc(-c2cc(-c3ccccc3)cc(N3c4cc5ccc6ccccc6c5cc4B4c5cc6c(ccc7ccccc76)cc5N(c5cc(-c6ccccc6)cc(-c6ccccc6)c5)c5cc(-c6ncncn6)cc3c54)c2)cc1. The van der Waals surface area contributed by atoms with E-state index < -0.39 is 0 Å². The quantitative estimate of drug-likeness (QED) is 0.118. The lowest BCUT2D eigenvalue weighted by Gasteiger charge is -2.45. The summed E-state index contributed by atoms with van der Waals surface area (Å²) in [4.78, 5) is 19.2. The van der Waals surface area contributed by atoms with E-state index in [1.807, 2.05) is 0 Å². The second kappa shape index (κ2) is 18.1. The summed E-state index contributed by atoms with van der Waals surface area (Å²) in [5.74, 6) is 0.600. The predicted octanol–water partition coefficient (Wildman–Crippen LogP) is 16.9. The monoisotopic (exact) mass is 1000 g/mol. The Labute approximate surface area is 458 Å². The number of fused-ring (bicyclic) bond motifs is 10. The minimum absolute atomic E-state index is 0.196. The molecule has 0 atom stereocenters. The summed E-state index contributed by atoms with van der Waals surface area (Å²) in [6, 6.07) is 98.7. The van der Waals surface area contributed by atoms with Gasteiger partial charge in [0.1, 0.15) is 12.7 Å². The van der Waals surface area contributed by atoms with Gasteiger partial charge in [-0.2, -0.15) is 0 Å². The van der Waals surface area contributed by atoms with Gasteiger partial charge in [0.25, 0.3) is 6.71 Å². The fourth-order valence-electron chi connectivity index (χ4n) is 12.7. The highest BCUT2D eigenvalue weighted by atomic mass is 15.2. The molecule has 0 spiro atoms. The van der Waals surface area contributed by atoms with Gasteiger partial charge in [0.2, 0.25) is 0 Å². The molecule has 0 saturated carbocycles. The molecule has 0 bridgehead atoms. The van der Waals surface area contributed by atoms with Crippen molar-refractivity contribution >= 4 is 100 Å². The van der Waals surface area contributed by atoms with Gasteiger partial charge in [0, 0.05) is 39.7 Å². The average Bonchev–Trinajstić information content (AvgIpc) is 3.68. The Balaban J connectivity index is 1.07. The lowest BCUT2D eigenvalue weighted by atomic mass is 9.33. The van der Waals surface area contributed by atoms with Crippen molar-refractivity contribution in [2.45, 2.75) is 0 Å². The first kappa shape index (κ1) is 44.8. The lowest BCUT2D eigenvalue weighted by molar-refractivity contribution is 1.05. The highest BCUT2D eigenvalue weighted by Crippen LogP contribution is 2.50. The second-order valence-electron chi connectivity index (χ2n) is 20.8. The summed E-state index contributed by atoms with van der Waals surface area (Å²) >= 11 is 0. The van der Waals surface area contributed by atoms with Crippen LogP contribution in [0.4, 0.5) is 34.1 Å². The Morgan fingerprint density at radius 1 is 0.266 bits per heavy atom. The number of anilines is 6. The third kappa shape index (κ3) is 7.44. The van der Waals surface area contributed by atoms with E-state index in [2.05, 4.69) is 282 Å². The average molecular weight is 1000 g/mol. The molecule has 366 valence electrons. The van der Waals surface area contributed by atoms with Crippen molar-refractivity contribution in [3.63, 3.8) is 0 Å². The Hall–Kier alpha value is -10.4. The molecule has 79 heavy (non-hydrogen) atoms. The molecule has 16 rings (SSSR count). The van der Waals surface area contributed by atoms with E-state index in [1.54, 1.807) is 12.7 Å². The maximum atomic E-state index is 4.89. The van der Waals surface area contributed by atoms with Gasteiger partial charge in [-0.1, -0.05) is 206 Å². The Morgan fingerprint density at radius 3 is 1.04 bits per heavy atom. The molecule has 0 saturated heterocycles. The summed E-state index contributed by atoms with van der Waals surface area (Å²) in [6.07, 6.45) is 3.21. The summed E-state index contributed by atoms with van der Waals surface area (Å²) in [6.45, 7) is -0.196. The molecule has 3 heterocycles. The van der Waals surface area contributed by atoms with Crippen LogP contribution >= 0.6 is 0 Å². The first-order valence-corrected chi connectivity index (χ1v) is 27.0. The lowest BCUT2D eigenvalue weighted by Crippen LogP contribution is -2.61. The van der Waals surface area contributed by atoms with Crippen LogP contribution in [0.1, 0.15) is 0 Å². The van der Waals surface area contributed by atoms with Crippen LogP contribution in [0.2, 0.25) is 0 Å². The molecule has 0 radical (unpaired) electrons.